The molecule has 114 valence electrons. The number of anilines is 2. The van der Waals surface area contributed by atoms with Crippen LogP contribution in [0.1, 0.15) is 25.7 Å². The number of halogens is 1. The van der Waals surface area contributed by atoms with Gasteiger partial charge in [-0.2, -0.15) is 0 Å². The summed E-state index contributed by atoms with van der Waals surface area (Å²) in [4.78, 5) is 8.26. The summed E-state index contributed by atoms with van der Waals surface area (Å²) in [7, 11) is 0. The quantitative estimate of drug-likeness (QED) is 0.929. The van der Waals surface area contributed by atoms with Gasteiger partial charge in [0.05, 0.1) is 23.8 Å². The molecule has 1 aromatic heterocycles. The lowest BCUT2D eigenvalue weighted by Crippen LogP contribution is -2.38. The predicted molar refractivity (Wildman–Crippen MR) is 83.5 cm³/mol. The number of aromatic nitrogens is 1. The van der Waals surface area contributed by atoms with Crippen molar-refractivity contribution in [3.63, 3.8) is 0 Å². The Morgan fingerprint density at radius 3 is 2.67 bits per heavy atom. The predicted octanol–water partition coefficient (Wildman–Crippen LogP) is 2.63. The van der Waals surface area contributed by atoms with Gasteiger partial charge in [-0.1, -0.05) is 6.58 Å². The van der Waals surface area contributed by atoms with Crippen LogP contribution in [0.2, 0.25) is 0 Å². The number of pyridine rings is 1. The summed E-state index contributed by atoms with van der Waals surface area (Å²) in [5, 5.41) is 0. The lowest BCUT2D eigenvalue weighted by atomic mass is 9.95. The van der Waals surface area contributed by atoms with Gasteiger partial charge < -0.3 is 15.5 Å². The number of nitrogens with zero attached hydrogens (tertiary/aromatic N) is 3. The highest BCUT2D eigenvalue weighted by atomic mass is 19.1. The van der Waals surface area contributed by atoms with Crippen LogP contribution < -0.4 is 10.6 Å². The minimum atomic E-state index is -0.318. The van der Waals surface area contributed by atoms with Crippen LogP contribution in [0.25, 0.3) is 0 Å². The van der Waals surface area contributed by atoms with Gasteiger partial charge >= 0.3 is 0 Å². The van der Waals surface area contributed by atoms with E-state index < -0.39 is 0 Å². The lowest BCUT2D eigenvalue weighted by Gasteiger charge is -2.36. The lowest BCUT2D eigenvalue weighted by molar-refractivity contribution is 0.279. The van der Waals surface area contributed by atoms with Crippen LogP contribution in [0.15, 0.2) is 24.7 Å². The van der Waals surface area contributed by atoms with E-state index in [1.807, 2.05) is 0 Å². The van der Waals surface area contributed by atoms with Crippen molar-refractivity contribution in [3.8, 4) is 0 Å². The zero-order valence-corrected chi connectivity index (χ0v) is 12.4. The van der Waals surface area contributed by atoms with Gasteiger partial charge in [0.15, 0.2) is 5.82 Å². The second-order valence-electron chi connectivity index (χ2n) is 6.11. The molecule has 0 bridgehead atoms. The first-order valence-electron chi connectivity index (χ1n) is 7.72. The SMILES string of the molecule is C=C1CCCN1CC1CCN(c2c(N)cncc2F)CC1. The number of likely N-dealkylation sites (tertiary alicyclic amines) is 1. The maximum atomic E-state index is 13.9. The fourth-order valence-electron chi connectivity index (χ4n) is 3.44. The first kappa shape index (κ1) is 14.2. The summed E-state index contributed by atoms with van der Waals surface area (Å²) in [6.45, 7) is 8.09. The van der Waals surface area contributed by atoms with Crippen LogP contribution in [-0.4, -0.2) is 36.1 Å². The molecule has 2 aliphatic rings. The van der Waals surface area contributed by atoms with Crippen LogP contribution in [0.4, 0.5) is 15.8 Å². The number of nitrogens with two attached hydrogens (primary N) is 1. The molecule has 21 heavy (non-hydrogen) atoms. The minimum Gasteiger partial charge on any atom is -0.396 e. The Morgan fingerprint density at radius 2 is 2.05 bits per heavy atom. The first-order chi connectivity index (χ1) is 10.1. The third-order valence-electron chi connectivity index (χ3n) is 4.65. The third kappa shape index (κ3) is 2.96. The van der Waals surface area contributed by atoms with Crippen LogP contribution >= 0.6 is 0 Å². The molecule has 2 aliphatic heterocycles. The van der Waals surface area contributed by atoms with Gasteiger partial charge in [0, 0.05) is 31.9 Å². The Morgan fingerprint density at radius 1 is 1.29 bits per heavy atom. The summed E-state index contributed by atoms with van der Waals surface area (Å²) in [6, 6.07) is 0. The summed E-state index contributed by atoms with van der Waals surface area (Å²) in [5.74, 6) is 0.351. The molecule has 3 heterocycles. The molecule has 0 aliphatic carbocycles. The fraction of sp³-hybridized carbons (Fsp3) is 0.562. The van der Waals surface area contributed by atoms with Crippen molar-refractivity contribution in [1.82, 2.24) is 9.88 Å². The third-order valence-corrected chi connectivity index (χ3v) is 4.65. The zero-order chi connectivity index (χ0) is 14.8. The molecule has 2 saturated heterocycles. The smallest absolute Gasteiger partial charge is 0.166 e. The van der Waals surface area contributed by atoms with E-state index in [0.717, 1.165) is 45.4 Å². The van der Waals surface area contributed by atoms with Gasteiger partial charge in [-0.3, -0.25) is 4.98 Å². The summed E-state index contributed by atoms with van der Waals surface area (Å²) in [6.07, 6.45) is 7.29. The van der Waals surface area contributed by atoms with Crippen molar-refractivity contribution in [2.75, 3.05) is 36.8 Å². The van der Waals surface area contributed by atoms with E-state index >= 15 is 0 Å². The molecule has 2 N–H and O–H groups in total. The monoisotopic (exact) mass is 290 g/mol. The highest BCUT2D eigenvalue weighted by molar-refractivity contribution is 5.66. The number of piperidine rings is 1. The van der Waals surface area contributed by atoms with Crippen molar-refractivity contribution in [1.29, 1.82) is 0 Å². The maximum absolute atomic E-state index is 13.9. The average Bonchev–Trinajstić information content (AvgIpc) is 2.86. The molecule has 3 rings (SSSR count). The largest absolute Gasteiger partial charge is 0.396 e. The molecule has 0 radical (unpaired) electrons. The van der Waals surface area contributed by atoms with Gasteiger partial charge in [0.25, 0.3) is 0 Å². The van der Waals surface area contributed by atoms with Gasteiger partial charge in [0.2, 0.25) is 0 Å². The molecule has 4 nitrogen and oxygen atoms in total. The van der Waals surface area contributed by atoms with Gasteiger partial charge in [-0.15, -0.1) is 0 Å². The molecule has 0 spiro atoms. The van der Waals surface area contributed by atoms with Crippen LogP contribution in [0.3, 0.4) is 0 Å². The molecule has 1 aromatic rings. The molecule has 0 unspecified atom stereocenters. The van der Waals surface area contributed by atoms with E-state index in [4.69, 9.17) is 5.73 Å². The highest BCUT2D eigenvalue weighted by Crippen LogP contribution is 2.31. The van der Waals surface area contributed by atoms with Gasteiger partial charge in [-0.05, 0) is 31.6 Å². The Kier molecular flexibility index (Phi) is 3.99. The first-order valence-corrected chi connectivity index (χ1v) is 7.72. The average molecular weight is 290 g/mol. The fourth-order valence-corrected chi connectivity index (χ4v) is 3.44. The van der Waals surface area contributed by atoms with E-state index in [1.165, 1.54) is 24.5 Å². The second kappa shape index (κ2) is 5.92. The molecule has 0 atom stereocenters. The Balaban J connectivity index is 1.59. The molecular formula is C16H23FN4. The molecule has 0 amide bonds. The van der Waals surface area contributed by atoms with Crippen LogP contribution in [0.5, 0.6) is 0 Å². The number of hydrogen-bond donors (Lipinski definition) is 1. The van der Waals surface area contributed by atoms with Gasteiger partial charge in [-0.25, -0.2) is 4.39 Å². The Labute approximate surface area is 125 Å². The second-order valence-corrected chi connectivity index (χ2v) is 6.11. The summed E-state index contributed by atoms with van der Waals surface area (Å²) >= 11 is 0. The van der Waals surface area contributed by atoms with Crippen molar-refractivity contribution in [2.45, 2.75) is 25.7 Å². The minimum absolute atomic E-state index is 0.318. The van der Waals surface area contributed by atoms with E-state index in [-0.39, 0.29) is 5.82 Å². The summed E-state index contributed by atoms with van der Waals surface area (Å²) < 4.78 is 13.9. The van der Waals surface area contributed by atoms with Crippen molar-refractivity contribution in [3.05, 3.63) is 30.5 Å². The standard InChI is InChI=1S/C16H23FN4/c1-12-3-2-6-21(12)11-13-4-7-20(8-5-13)16-14(17)9-19-10-15(16)18/h9-10,13H,1-8,11,18H2. The maximum Gasteiger partial charge on any atom is 0.166 e. The van der Waals surface area contributed by atoms with Gasteiger partial charge in [0.1, 0.15) is 0 Å². The van der Waals surface area contributed by atoms with Crippen molar-refractivity contribution in [2.24, 2.45) is 5.92 Å². The van der Waals surface area contributed by atoms with E-state index in [0.29, 0.717) is 17.3 Å². The van der Waals surface area contributed by atoms with E-state index in [2.05, 4.69) is 21.4 Å². The molecule has 0 aromatic carbocycles. The Hall–Kier alpha value is -1.78. The molecule has 2 fully saturated rings. The summed E-state index contributed by atoms with van der Waals surface area (Å²) in [5.41, 5.74) is 8.11. The zero-order valence-electron chi connectivity index (χ0n) is 12.4. The number of nitrogen functional groups attached to an aromatic ring is 1. The highest BCUT2D eigenvalue weighted by Gasteiger charge is 2.25. The molecule has 5 heteroatoms. The van der Waals surface area contributed by atoms with Crippen molar-refractivity contribution < 1.29 is 4.39 Å². The molecular weight excluding hydrogens is 267 g/mol. The molecule has 0 saturated carbocycles. The number of rotatable bonds is 3. The number of allylic oxidation sites excluding steroid dienone is 1. The normalized spacial score (nSPS) is 20.3. The van der Waals surface area contributed by atoms with E-state index in [1.54, 1.807) is 0 Å². The van der Waals surface area contributed by atoms with Crippen LogP contribution in [-0.2, 0) is 0 Å². The number of hydrogen-bond acceptors (Lipinski definition) is 4. The van der Waals surface area contributed by atoms with E-state index in [9.17, 15) is 4.39 Å². The van der Waals surface area contributed by atoms with Crippen molar-refractivity contribution >= 4 is 11.4 Å². The van der Waals surface area contributed by atoms with Crippen LogP contribution in [0, 0.1) is 11.7 Å². The Bertz CT molecular complexity index is 503. The topological polar surface area (TPSA) is 45.4 Å².